The SMILES string of the molecule is O=[N+]([O-])c1ccc(-c2nc3c(N4CCOCC4)nccc3[nH]2)cc1. The van der Waals surface area contributed by atoms with Gasteiger partial charge in [-0.3, -0.25) is 10.1 Å². The van der Waals surface area contributed by atoms with Crippen molar-refractivity contribution in [1.29, 1.82) is 0 Å². The van der Waals surface area contributed by atoms with Crippen LogP contribution in [0.25, 0.3) is 22.4 Å². The number of H-pyrrole nitrogens is 1. The Kier molecular flexibility index (Phi) is 3.58. The maximum atomic E-state index is 10.8. The predicted molar refractivity (Wildman–Crippen MR) is 89.0 cm³/mol. The van der Waals surface area contributed by atoms with Crippen LogP contribution in [0.15, 0.2) is 36.5 Å². The highest BCUT2D eigenvalue weighted by Gasteiger charge is 2.18. The molecule has 1 fully saturated rings. The van der Waals surface area contributed by atoms with Gasteiger partial charge in [0.1, 0.15) is 11.3 Å². The molecule has 0 bridgehead atoms. The quantitative estimate of drug-likeness (QED) is 0.586. The molecule has 0 amide bonds. The Bertz CT molecular complexity index is 884. The first-order chi connectivity index (χ1) is 11.7. The Morgan fingerprint density at radius 2 is 1.92 bits per heavy atom. The van der Waals surface area contributed by atoms with Crippen molar-refractivity contribution < 1.29 is 9.66 Å². The first-order valence-corrected chi connectivity index (χ1v) is 7.64. The summed E-state index contributed by atoms with van der Waals surface area (Å²) in [7, 11) is 0. The zero-order valence-electron chi connectivity index (χ0n) is 12.8. The van der Waals surface area contributed by atoms with Crippen molar-refractivity contribution in [3.63, 3.8) is 0 Å². The second kappa shape index (κ2) is 5.89. The zero-order valence-corrected chi connectivity index (χ0v) is 12.8. The van der Waals surface area contributed by atoms with Crippen molar-refractivity contribution in [2.24, 2.45) is 0 Å². The van der Waals surface area contributed by atoms with Gasteiger partial charge in [-0.2, -0.15) is 0 Å². The number of hydrogen-bond acceptors (Lipinski definition) is 6. The number of benzene rings is 1. The summed E-state index contributed by atoms with van der Waals surface area (Å²) in [6.07, 6.45) is 1.75. The molecule has 122 valence electrons. The first-order valence-electron chi connectivity index (χ1n) is 7.64. The molecule has 8 nitrogen and oxygen atoms in total. The lowest BCUT2D eigenvalue weighted by Crippen LogP contribution is -2.36. The average molecular weight is 325 g/mol. The van der Waals surface area contributed by atoms with E-state index in [9.17, 15) is 10.1 Å². The van der Waals surface area contributed by atoms with Crippen LogP contribution in [0.5, 0.6) is 0 Å². The summed E-state index contributed by atoms with van der Waals surface area (Å²) in [6.45, 7) is 2.92. The molecule has 4 rings (SSSR count). The topological polar surface area (TPSA) is 97.2 Å². The minimum absolute atomic E-state index is 0.0607. The Hall–Kier alpha value is -3.00. The predicted octanol–water partition coefficient (Wildman–Crippen LogP) is 2.37. The summed E-state index contributed by atoms with van der Waals surface area (Å²) in [5.74, 6) is 1.50. The number of pyridine rings is 1. The fourth-order valence-corrected chi connectivity index (χ4v) is 2.81. The van der Waals surface area contributed by atoms with Gasteiger partial charge in [-0.05, 0) is 18.2 Å². The fourth-order valence-electron chi connectivity index (χ4n) is 2.81. The molecule has 8 heteroatoms. The molecule has 0 saturated carbocycles. The lowest BCUT2D eigenvalue weighted by molar-refractivity contribution is -0.384. The maximum absolute atomic E-state index is 10.8. The number of nitro benzene ring substituents is 1. The second-order valence-electron chi connectivity index (χ2n) is 5.52. The van der Waals surface area contributed by atoms with E-state index in [2.05, 4.69) is 19.9 Å². The number of nitrogens with zero attached hydrogens (tertiary/aromatic N) is 4. The summed E-state index contributed by atoms with van der Waals surface area (Å²) in [5.41, 5.74) is 2.54. The average Bonchev–Trinajstić information content (AvgIpc) is 3.06. The highest BCUT2D eigenvalue weighted by Crippen LogP contribution is 2.27. The van der Waals surface area contributed by atoms with E-state index in [1.807, 2.05) is 6.07 Å². The van der Waals surface area contributed by atoms with Gasteiger partial charge in [0.05, 0.1) is 23.7 Å². The molecule has 3 heterocycles. The number of morpholine rings is 1. The first kappa shape index (κ1) is 14.6. The molecule has 1 N–H and O–H groups in total. The van der Waals surface area contributed by atoms with E-state index in [1.54, 1.807) is 18.3 Å². The fraction of sp³-hybridized carbons (Fsp3) is 0.250. The van der Waals surface area contributed by atoms with E-state index in [4.69, 9.17) is 4.74 Å². The van der Waals surface area contributed by atoms with Crippen molar-refractivity contribution in [3.05, 3.63) is 46.6 Å². The van der Waals surface area contributed by atoms with Gasteiger partial charge < -0.3 is 14.6 Å². The van der Waals surface area contributed by atoms with Crippen LogP contribution in [0.2, 0.25) is 0 Å². The van der Waals surface area contributed by atoms with Gasteiger partial charge in [-0.25, -0.2) is 9.97 Å². The molecular formula is C16H15N5O3. The Morgan fingerprint density at radius 1 is 1.17 bits per heavy atom. The van der Waals surface area contributed by atoms with Gasteiger partial charge in [-0.15, -0.1) is 0 Å². The molecule has 0 atom stereocenters. The number of imidazole rings is 1. The van der Waals surface area contributed by atoms with Crippen LogP contribution in [0.1, 0.15) is 0 Å². The summed E-state index contributed by atoms with van der Waals surface area (Å²) >= 11 is 0. The molecule has 1 aliphatic rings. The number of ether oxygens (including phenoxy) is 1. The van der Waals surface area contributed by atoms with Crippen molar-refractivity contribution in [3.8, 4) is 11.4 Å². The molecule has 2 aromatic heterocycles. The van der Waals surface area contributed by atoms with E-state index < -0.39 is 4.92 Å². The molecular weight excluding hydrogens is 310 g/mol. The lowest BCUT2D eigenvalue weighted by Gasteiger charge is -2.27. The molecule has 0 radical (unpaired) electrons. The van der Waals surface area contributed by atoms with Gasteiger partial charge in [0.2, 0.25) is 0 Å². The lowest BCUT2D eigenvalue weighted by atomic mass is 10.2. The second-order valence-corrected chi connectivity index (χ2v) is 5.52. The third-order valence-corrected chi connectivity index (χ3v) is 4.04. The minimum Gasteiger partial charge on any atom is -0.378 e. The van der Waals surface area contributed by atoms with Crippen LogP contribution in [0, 0.1) is 10.1 Å². The number of aromatic nitrogens is 3. The number of hydrogen-bond donors (Lipinski definition) is 1. The normalized spacial score (nSPS) is 14.9. The molecule has 1 aliphatic heterocycles. The number of fused-ring (bicyclic) bond motifs is 1. The third-order valence-electron chi connectivity index (χ3n) is 4.04. The molecule has 0 aliphatic carbocycles. The standard InChI is InChI=1S/C16H15N5O3/c22-21(23)12-3-1-11(2-4-12)15-18-13-5-6-17-16(14(13)19-15)20-7-9-24-10-8-20/h1-6H,7-10H2,(H,18,19). The van der Waals surface area contributed by atoms with Crippen LogP contribution < -0.4 is 4.90 Å². The highest BCUT2D eigenvalue weighted by molar-refractivity contribution is 5.88. The number of rotatable bonds is 3. The van der Waals surface area contributed by atoms with Gasteiger partial charge in [0, 0.05) is 37.0 Å². The van der Waals surface area contributed by atoms with Gasteiger partial charge in [-0.1, -0.05) is 0 Å². The summed E-state index contributed by atoms with van der Waals surface area (Å²) < 4.78 is 5.39. The molecule has 24 heavy (non-hydrogen) atoms. The van der Waals surface area contributed by atoms with Crippen molar-refractivity contribution >= 4 is 22.5 Å². The summed E-state index contributed by atoms with van der Waals surface area (Å²) in [4.78, 5) is 24.9. The van der Waals surface area contributed by atoms with E-state index >= 15 is 0 Å². The molecule has 1 aromatic carbocycles. The molecule has 0 unspecified atom stereocenters. The molecule has 3 aromatic rings. The minimum atomic E-state index is -0.414. The smallest absolute Gasteiger partial charge is 0.269 e. The van der Waals surface area contributed by atoms with Crippen molar-refractivity contribution in [2.75, 3.05) is 31.2 Å². The number of aromatic amines is 1. The maximum Gasteiger partial charge on any atom is 0.269 e. The van der Waals surface area contributed by atoms with Gasteiger partial charge in [0.15, 0.2) is 5.82 Å². The zero-order chi connectivity index (χ0) is 16.5. The van der Waals surface area contributed by atoms with Crippen molar-refractivity contribution in [2.45, 2.75) is 0 Å². The Morgan fingerprint density at radius 3 is 2.62 bits per heavy atom. The van der Waals surface area contributed by atoms with Gasteiger partial charge in [0.25, 0.3) is 5.69 Å². The number of nitro groups is 1. The largest absolute Gasteiger partial charge is 0.378 e. The van der Waals surface area contributed by atoms with Crippen LogP contribution in [0.3, 0.4) is 0 Å². The number of non-ortho nitro benzene ring substituents is 1. The van der Waals surface area contributed by atoms with E-state index in [1.165, 1.54) is 12.1 Å². The van der Waals surface area contributed by atoms with Crippen LogP contribution in [0.4, 0.5) is 11.5 Å². The van der Waals surface area contributed by atoms with Crippen molar-refractivity contribution in [1.82, 2.24) is 15.0 Å². The monoisotopic (exact) mass is 325 g/mol. The molecule has 0 spiro atoms. The van der Waals surface area contributed by atoms with Crippen LogP contribution >= 0.6 is 0 Å². The number of anilines is 1. The molecule has 1 saturated heterocycles. The van der Waals surface area contributed by atoms with Crippen LogP contribution in [-0.2, 0) is 4.74 Å². The summed E-state index contributed by atoms with van der Waals surface area (Å²) in [5, 5.41) is 10.8. The highest BCUT2D eigenvalue weighted by atomic mass is 16.6. The Labute approximate surface area is 137 Å². The van der Waals surface area contributed by atoms with Crippen LogP contribution in [-0.4, -0.2) is 46.2 Å². The van der Waals surface area contributed by atoms with E-state index in [0.29, 0.717) is 19.0 Å². The van der Waals surface area contributed by atoms with Gasteiger partial charge >= 0.3 is 0 Å². The Balaban J connectivity index is 1.73. The number of nitrogens with one attached hydrogen (secondary N) is 1. The van der Waals surface area contributed by atoms with E-state index in [-0.39, 0.29) is 5.69 Å². The summed E-state index contributed by atoms with van der Waals surface area (Å²) in [6, 6.07) is 8.21. The van der Waals surface area contributed by atoms with E-state index in [0.717, 1.165) is 35.5 Å². The third kappa shape index (κ3) is 2.56.